The van der Waals surface area contributed by atoms with Gasteiger partial charge in [-0.25, -0.2) is 0 Å². The lowest BCUT2D eigenvalue weighted by molar-refractivity contribution is 1.27. The quantitative estimate of drug-likeness (QED) is 0.456. The van der Waals surface area contributed by atoms with E-state index in [0.29, 0.717) is 0 Å². The van der Waals surface area contributed by atoms with Gasteiger partial charge < -0.3 is 0 Å². The van der Waals surface area contributed by atoms with Crippen LogP contribution in [0.25, 0.3) is 0 Å². The Labute approximate surface area is 80.9 Å². The van der Waals surface area contributed by atoms with Crippen molar-refractivity contribution in [3.63, 3.8) is 0 Å². The van der Waals surface area contributed by atoms with Crippen molar-refractivity contribution in [3.05, 3.63) is 47.7 Å². The summed E-state index contributed by atoms with van der Waals surface area (Å²) in [5.41, 5.74) is 3.82. The molecule has 0 aliphatic heterocycles. The third-order valence-electron chi connectivity index (χ3n) is 1.57. The van der Waals surface area contributed by atoms with E-state index in [2.05, 4.69) is 24.9 Å². The zero-order valence-corrected chi connectivity index (χ0v) is 8.72. The van der Waals surface area contributed by atoms with Crippen molar-refractivity contribution in [3.8, 4) is 0 Å². The molecular weight excluding hydrogens is 158 g/mol. The van der Waals surface area contributed by atoms with Gasteiger partial charge in [-0.1, -0.05) is 30.9 Å². The van der Waals surface area contributed by atoms with E-state index in [0.717, 1.165) is 22.4 Å². The van der Waals surface area contributed by atoms with Gasteiger partial charge in [0, 0.05) is 5.57 Å². The molecule has 0 bridgehead atoms. The molecule has 0 aromatic heterocycles. The Morgan fingerprint density at radius 3 is 2.00 bits per heavy atom. The summed E-state index contributed by atoms with van der Waals surface area (Å²) >= 11 is 0. The van der Waals surface area contributed by atoms with Crippen molar-refractivity contribution in [1.29, 1.82) is 0 Å². The summed E-state index contributed by atoms with van der Waals surface area (Å²) < 4.78 is 0. The highest BCUT2D eigenvalue weighted by Crippen LogP contribution is 2.19. The summed E-state index contributed by atoms with van der Waals surface area (Å²) in [5, 5.41) is 0. The number of aliphatic imine (C=N–C) groups is 1. The molecule has 0 saturated carbocycles. The molecule has 70 valence electrons. The molecule has 0 atom stereocenters. The van der Waals surface area contributed by atoms with E-state index in [1.54, 1.807) is 0 Å². The molecule has 0 saturated heterocycles. The van der Waals surface area contributed by atoms with Gasteiger partial charge in [0.25, 0.3) is 0 Å². The standard InChI is InChI=1S/C12H17N/c1-7-12(13-6)11(10(4)5)8-9(2)3/h7-8H,2,4,6H2,1,3,5H3/b11-8-,12-7+. The second kappa shape index (κ2) is 5.31. The Balaban J connectivity index is 5.15. The van der Waals surface area contributed by atoms with Crippen molar-refractivity contribution < 1.29 is 0 Å². The van der Waals surface area contributed by atoms with Gasteiger partial charge in [0.05, 0.1) is 5.70 Å². The zero-order valence-electron chi connectivity index (χ0n) is 8.72. The van der Waals surface area contributed by atoms with Crippen LogP contribution in [0.2, 0.25) is 0 Å². The monoisotopic (exact) mass is 175 g/mol. The Morgan fingerprint density at radius 1 is 1.23 bits per heavy atom. The van der Waals surface area contributed by atoms with E-state index < -0.39 is 0 Å². The minimum absolute atomic E-state index is 0.857. The summed E-state index contributed by atoms with van der Waals surface area (Å²) in [6.45, 7) is 17.0. The van der Waals surface area contributed by atoms with Crippen LogP contribution in [-0.4, -0.2) is 6.72 Å². The molecule has 0 radical (unpaired) electrons. The maximum atomic E-state index is 3.92. The van der Waals surface area contributed by atoms with E-state index in [-0.39, 0.29) is 0 Å². The van der Waals surface area contributed by atoms with Gasteiger partial charge in [-0.05, 0) is 33.1 Å². The van der Waals surface area contributed by atoms with Gasteiger partial charge in [0.15, 0.2) is 0 Å². The Morgan fingerprint density at radius 2 is 1.77 bits per heavy atom. The number of hydrogen-bond donors (Lipinski definition) is 0. The number of rotatable bonds is 4. The maximum Gasteiger partial charge on any atom is 0.0654 e. The first kappa shape index (κ1) is 11.6. The lowest BCUT2D eigenvalue weighted by atomic mass is 10.0. The minimum Gasteiger partial charge on any atom is -0.264 e. The van der Waals surface area contributed by atoms with Crippen molar-refractivity contribution in [2.45, 2.75) is 20.8 Å². The van der Waals surface area contributed by atoms with E-state index in [1.165, 1.54) is 0 Å². The third kappa shape index (κ3) is 3.70. The fourth-order valence-electron chi connectivity index (χ4n) is 0.994. The predicted molar refractivity (Wildman–Crippen MR) is 61.0 cm³/mol. The third-order valence-corrected chi connectivity index (χ3v) is 1.57. The van der Waals surface area contributed by atoms with Crippen LogP contribution >= 0.6 is 0 Å². The first-order chi connectivity index (χ1) is 6.02. The van der Waals surface area contributed by atoms with Crippen molar-refractivity contribution >= 4 is 6.72 Å². The smallest absolute Gasteiger partial charge is 0.0654 e. The predicted octanol–water partition coefficient (Wildman–Crippen LogP) is 3.67. The number of nitrogens with zero attached hydrogens (tertiary/aromatic N) is 1. The normalized spacial score (nSPS) is 12.5. The van der Waals surface area contributed by atoms with Gasteiger partial charge in [0.1, 0.15) is 0 Å². The second-order valence-electron chi connectivity index (χ2n) is 3.02. The topological polar surface area (TPSA) is 12.4 Å². The first-order valence-corrected chi connectivity index (χ1v) is 4.19. The van der Waals surface area contributed by atoms with Gasteiger partial charge in [-0.3, -0.25) is 4.99 Å². The molecule has 0 aromatic rings. The molecule has 13 heavy (non-hydrogen) atoms. The van der Waals surface area contributed by atoms with E-state index >= 15 is 0 Å². The van der Waals surface area contributed by atoms with Gasteiger partial charge >= 0.3 is 0 Å². The first-order valence-electron chi connectivity index (χ1n) is 4.19. The average Bonchev–Trinajstić information content (AvgIpc) is 2.04. The minimum atomic E-state index is 0.857. The highest BCUT2D eigenvalue weighted by molar-refractivity contribution is 5.49. The van der Waals surface area contributed by atoms with Crippen LogP contribution in [0.3, 0.4) is 0 Å². The van der Waals surface area contributed by atoms with Crippen LogP contribution in [0, 0.1) is 0 Å². The van der Waals surface area contributed by atoms with Crippen LogP contribution < -0.4 is 0 Å². The lowest BCUT2D eigenvalue weighted by Crippen LogP contribution is -1.88. The molecule has 0 aliphatic carbocycles. The highest BCUT2D eigenvalue weighted by atomic mass is 14.7. The van der Waals surface area contributed by atoms with Crippen molar-refractivity contribution in [1.82, 2.24) is 0 Å². The fourth-order valence-corrected chi connectivity index (χ4v) is 0.994. The van der Waals surface area contributed by atoms with Crippen LogP contribution in [-0.2, 0) is 0 Å². The van der Waals surface area contributed by atoms with Crippen LogP contribution in [0.4, 0.5) is 0 Å². The fraction of sp³-hybridized carbons (Fsp3) is 0.250. The SMILES string of the molecule is C=NC(=C/C)/C(=C\C(=C)C)C(=C)C. The van der Waals surface area contributed by atoms with Gasteiger partial charge in [-0.2, -0.15) is 0 Å². The second-order valence-corrected chi connectivity index (χ2v) is 3.02. The van der Waals surface area contributed by atoms with Crippen molar-refractivity contribution in [2.75, 3.05) is 0 Å². The molecule has 0 heterocycles. The molecular formula is C12H17N. The average molecular weight is 175 g/mol. The molecule has 0 unspecified atom stereocenters. The highest BCUT2D eigenvalue weighted by Gasteiger charge is 2.02. The molecule has 1 nitrogen and oxygen atoms in total. The molecule has 0 N–H and O–H groups in total. The molecule has 0 rings (SSSR count). The Bertz CT molecular complexity index is 290. The lowest BCUT2D eigenvalue weighted by Gasteiger charge is -2.06. The van der Waals surface area contributed by atoms with Gasteiger partial charge in [-0.15, -0.1) is 0 Å². The molecule has 0 spiro atoms. The van der Waals surface area contributed by atoms with Gasteiger partial charge in [0.2, 0.25) is 0 Å². The Kier molecular flexibility index (Phi) is 4.75. The molecule has 0 aromatic carbocycles. The summed E-state index contributed by atoms with van der Waals surface area (Å²) in [5.74, 6) is 0. The van der Waals surface area contributed by atoms with E-state index in [1.807, 2.05) is 32.9 Å². The summed E-state index contributed by atoms with van der Waals surface area (Å²) in [7, 11) is 0. The molecule has 0 amide bonds. The number of allylic oxidation sites excluding steroid dienone is 4. The summed E-state index contributed by atoms with van der Waals surface area (Å²) in [4.78, 5) is 3.92. The Hall–Kier alpha value is -1.37. The molecule has 1 heteroatoms. The van der Waals surface area contributed by atoms with E-state index in [4.69, 9.17) is 0 Å². The maximum absolute atomic E-state index is 3.92. The van der Waals surface area contributed by atoms with Crippen LogP contribution in [0.5, 0.6) is 0 Å². The molecule has 0 fully saturated rings. The number of hydrogen-bond acceptors (Lipinski definition) is 1. The largest absolute Gasteiger partial charge is 0.264 e. The molecule has 0 aliphatic rings. The van der Waals surface area contributed by atoms with Crippen LogP contribution in [0.1, 0.15) is 20.8 Å². The van der Waals surface area contributed by atoms with E-state index in [9.17, 15) is 0 Å². The van der Waals surface area contributed by atoms with Crippen molar-refractivity contribution in [2.24, 2.45) is 4.99 Å². The summed E-state index contributed by atoms with van der Waals surface area (Å²) in [6.07, 6.45) is 3.88. The zero-order chi connectivity index (χ0) is 10.4. The summed E-state index contributed by atoms with van der Waals surface area (Å²) in [6, 6.07) is 0. The van der Waals surface area contributed by atoms with Crippen LogP contribution in [0.15, 0.2) is 52.7 Å².